The molecule has 76 valence electrons. The predicted molar refractivity (Wildman–Crippen MR) is 58.5 cm³/mol. The molecule has 0 radical (unpaired) electrons. The summed E-state index contributed by atoms with van der Waals surface area (Å²) in [6, 6.07) is 0. The maximum atomic E-state index is 6.09. The lowest BCUT2D eigenvalue weighted by atomic mass is 9.95. The minimum absolute atomic E-state index is 0.246. The van der Waals surface area contributed by atoms with Crippen LogP contribution in [0.15, 0.2) is 24.0 Å². The van der Waals surface area contributed by atoms with Gasteiger partial charge in [-0.15, -0.1) is 11.6 Å². The van der Waals surface area contributed by atoms with Gasteiger partial charge in [0.2, 0.25) is 0 Å². The minimum atomic E-state index is 0.246. The van der Waals surface area contributed by atoms with E-state index < -0.39 is 0 Å². The average Bonchev–Trinajstić information content (AvgIpc) is 2.51. The second-order valence-electron chi connectivity index (χ2n) is 3.93. The number of hydrogen-bond donors (Lipinski definition) is 0. The molecule has 1 aromatic heterocycles. The third-order valence-corrected chi connectivity index (χ3v) is 2.93. The fraction of sp³-hybridized carbons (Fsp3) is 0.545. The lowest BCUT2D eigenvalue weighted by Gasteiger charge is -2.15. The van der Waals surface area contributed by atoms with E-state index in [-0.39, 0.29) is 5.38 Å². The van der Waals surface area contributed by atoms with E-state index in [1.54, 1.807) is 0 Å². The van der Waals surface area contributed by atoms with E-state index in [0.717, 1.165) is 12.8 Å². The van der Waals surface area contributed by atoms with Crippen LogP contribution in [-0.2, 0) is 13.5 Å². The van der Waals surface area contributed by atoms with Gasteiger partial charge >= 0.3 is 0 Å². The summed E-state index contributed by atoms with van der Waals surface area (Å²) in [5.41, 5.74) is 2.74. The van der Waals surface area contributed by atoms with Crippen LogP contribution in [0, 0.1) is 0 Å². The fourth-order valence-electron chi connectivity index (χ4n) is 1.92. The van der Waals surface area contributed by atoms with Crippen molar-refractivity contribution in [1.29, 1.82) is 0 Å². The summed E-state index contributed by atoms with van der Waals surface area (Å²) >= 11 is 6.09. The molecule has 1 aliphatic carbocycles. The Morgan fingerprint density at radius 2 is 2.50 bits per heavy atom. The normalized spacial score (nSPS) is 22.1. The van der Waals surface area contributed by atoms with Gasteiger partial charge in [0, 0.05) is 13.2 Å². The van der Waals surface area contributed by atoms with Crippen LogP contribution < -0.4 is 0 Å². The van der Waals surface area contributed by atoms with Crippen molar-refractivity contribution in [2.45, 2.75) is 31.1 Å². The molecule has 1 aliphatic rings. The molecule has 2 rings (SSSR count). The number of hydrogen-bond acceptors (Lipinski definition) is 1. The number of aromatic nitrogens is 2. The number of nitrogens with zero attached hydrogens (tertiary/aromatic N) is 2. The molecule has 1 heterocycles. The molecule has 0 aliphatic heterocycles. The van der Waals surface area contributed by atoms with Crippen molar-refractivity contribution in [3.05, 3.63) is 29.6 Å². The summed E-state index contributed by atoms with van der Waals surface area (Å²) in [5, 5.41) is 4.40. The van der Waals surface area contributed by atoms with Gasteiger partial charge in [0.25, 0.3) is 0 Å². The van der Waals surface area contributed by atoms with E-state index in [0.29, 0.717) is 0 Å². The average molecular weight is 211 g/mol. The standard InChI is InChI=1S/C11H15ClN2/c1-14-8-10(7-13-14)5-9-3-2-4-11(12)6-9/h6-8,11H,2-5H2,1H3. The Morgan fingerprint density at radius 3 is 3.14 bits per heavy atom. The Hall–Kier alpha value is -0.760. The molecule has 0 aromatic carbocycles. The first kappa shape index (κ1) is 9.78. The van der Waals surface area contributed by atoms with Crippen molar-refractivity contribution in [3.8, 4) is 0 Å². The second-order valence-corrected chi connectivity index (χ2v) is 4.49. The summed E-state index contributed by atoms with van der Waals surface area (Å²) in [5.74, 6) is 0. The Balaban J connectivity index is 2.03. The first-order valence-corrected chi connectivity index (χ1v) is 5.49. The van der Waals surface area contributed by atoms with Crippen molar-refractivity contribution in [3.63, 3.8) is 0 Å². The van der Waals surface area contributed by atoms with E-state index >= 15 is 0 Å². The van der Waals surface area contributed by atoms with Crippen molar-refractivity contribution in [2.24, 2.45) is 7.05 Å². The zero-order chi connectivity index (χ0) is 9.97. The predicted octanol–water partition coefficient (Wildman–Crippen LogP) is 2.68. The molecule has 1 unspecified atom stereocenters. The second kappa shape index (κ2) is 4.18. The van der Waals surface area contributed by atoms with Gasteiger partial charge < -0.3 is 0 Å². The molecule has 0 saturated heterocycles. The van der Waals surface area contributed by atoms with E-state index in [2.05, 4.69) is 17.4 Å². The van der Waals surface area contributed by atoms with Gasteiger partial charge in [-0.05, 0) is 31.2 Å². The molecular formula is C11H15ClN2. The molecule has 0 fully saturated rings. The van der Waals surface area contributed by atoms with Crippen LogP contribution in [-0.4, -0.2) is 15.2 Å². The Kier molecular flexibility index (Phi) is 2.92. The quantitative estimate of drug-likeness (QED) is 0.542. The Bertz CT molecular complexity index is 341. The van der Waals surface area contributed by atoms with Gasteiger partial charge in [0.15, 0.2) is 0 Å². The zero-order valence-corrected chi connectivity index (χ0v) is 9.17. The van der Waals surface area contributed by atoms with Gasteiger partial charge in [-0.25, -0.2) is 0 Å². The van der Waals surface area contributed by atoms with Gasteiger partial charge in [-0.3, -0.25) is 4.68 Å². The molecule has 0 spiro atoms. The zero-order valence-electron chi connectivity index (χ0n) is 8.41. The lowest BCUT2D eigenvalue weighted by Crippen LogP contribution is -2.04. The minimum Gasteiger partial charge on any atom is -0.276 e. The van der Waals surface area contributed by atoms with Crippen molar-refractivity contribution >= 4 is 11.6 Å². The highest BCUT2D eigenvalue weighted by molar-refractivity contribution is 6.21. The molecular weight excluding hydrogens is 196 g/mol. The maximum absolute atomic E-state index is 6.09. The summed E-state index contributed by atoms with van der Waals surface area (Å²) in [7, 11) is 1.95. The van der Waals surface area contributed by atoms with E-state index in [4.69, 9.17) is 11.6 Å². The van der Waals surface area contributed by atoms with Crippen LogP contribution in [0.5, 0.6) is 0 Å². The topological polar surface area (TPSA) is 17.8 Å². The maximum Gasteiger partial charge on any atom is 0.0524 e. The van der Waals surface area contributed by atoms with Crippen LogP contribution in [0.25, 0.3) is 0 Å². The van der Waals surface area contributed by atoms with Crippen LogP contribution >= 0.6 is 11.6 Å². The van der Waals surface area contributed by atoms with Gasteiger partial charge in [0.1, 0.15) is 0 Å². The number of rotatable bonds is 2. The van der Waals surface area contributed by atoms with E-state index in [1.165, 1.54) is 24.0 Å². The summed E-state index contributed by atoms with van der Waals surface area (Å²) in [6.07, 6.45) is 10.8. The van der Waals surface area contributed by atoms with Crippen molar-refractivity contribution < 1.29 is 0 Å². The number of allylic oxidation sites excluding steroid dienone is 2. The molecule has 14 heavy (non-hydrogen) atoms. The SMILES string of the molecule is Cn1cc(CC2=CC(Cl)CCC2)cn1. The molecule has 1 atom stereocenters. The Labute approximate surface area is 89.6 Å². The van der Waals surface area contributed by atoms with Crippen LogP contribution in [0.4, 0.5) is 0 Å². The molecule has 0 amide bonds. The van der Waals surface area contributed by atoms with Crippen LogP contribution in [0.1, 0.15) is 24.8 Å². The number of alkyl halides is 1. The first-order valence-electron chi connectivity index (χ1n) is 5.05. The highest BCUT2D eigenvalue weighted by Gasteiger charge is 2.11. The summed E-state index contributed by atoms with van der Waals surface area (Å²) in [6.45, 7) is 0. The van der Waals surface area contributed by atoms with Crippen LogP contribution in [0.3, 0.4) is 0 Å². The first-order chi connectivity index (χ1) is 6.74. The third-order valence-electron chi connectivity index (χ3n) is 2.58. The van der Waals surface area contributed by atoms with Crippen molar-refractivity contribution in [2.75, 3.05) is 0 Å². The molecule has 0 N–H and O–H groups in total. The molecule has 2 nitrogen and oxygen atoms in total. The fourth-order valence-corrected chi connectivity index (χ4v) is 2.25. The Morgan fingerprint density at radius 1 is 1.64 bits per heavy atom. The smallest absolute Gasteiger partial charge is 0.0524 e. The number of aryl methyl sites for hydroxylation is 1. The van der Waals surface area contributed by atoms with E-state index in [9.17, 15) is 0 Å². The monoisotopic (exact) mass is 210 g/mol. The lowest BCUT2D eigenvalue weighted by molar-refractivity contribution is 0.693. The van der Waals surface area contributed by atoms with Crippen LogP contribution in [0.2, 0.25) is 0 Å². The van der Waals surface area contributed by atoms with Crippen molar-refractivity contribution in [1.82, 2.24) is 9.78 Å². The highest BCUT2D eigenvalue weighted by Crippen LogP contribution is 2.24. The van der Waals surface area contributed by atoms with E-state index in [1.807, 2.05) is 17.9 Å². The van der Waals surface area contributed by atoms with Gasteiger partial charge in [-0.2, -0.15) is 5.10 Å². The van der Waals surface area contributed by atoms with Gasteiger partial charge in [0.05, 0.1) is 11.6 Å². The third kappa shape index (κ3) is 2.38. The number of halogens is 1. The molecule has 1 aromatic rings. The summed E-state index contributed by atoms with van der Waals surface area (Å²) in [4.78, 5) is 0. The molecule has 0 saturated carbocycles. The highest BCUT2D eigenvalue weighted by atomic mass is 35.5. The molecule has 0 bridgehead atoms. The molecule has 3 heteroatoms. The summed E-state index contributed by atoms with van der Waals surface area (Å²) < 4.78 is 1.84. The van der Waals surface area contributed by atoms with Gasteiger partial charge in [-0.1, -0.05) is 11.6 Å². The largest absolute Gasteiger partial charge is 0.276 e.